The van der Waals surface area contributed by atoms with Gasteiger partial charge in [0.15, 0.2) is 5.11 Å². The molecule has 4 aromatic rings. The molecule has 2 aromatic carbocycles. The first-order valence-electron chi connectivity index (χ1n) is 11.1. The summed E-state index contributed by atoms with van der Waals surface area (Å²) in [6.07, 6.45) is 1.83. The third-order valence-corrected chi connectivity index (χ3v) is 7.92. The number of anilines is 1. The summed E-state index contributed by atoms with van der Waals surface area (Å²) in [6, 6.07) is 22.4. The molecule has 1 fully saturated rings. The topological polar surface area (TPSA) is 33.1 Å². The van der Waals surface area contributed by atoms with Crippen LogP contribution in [0.5, 0.6) is 0 Å². The number of aromatic nitrogens is 2. The Morgan fingerprint density at radius 3 is 2.47 bits per heavy atom. The van der Waals surface area contributed by atoms with E-state index in [1.807, 2.05) is 36.5 Å². The molecule has 172 valence electrons. The third kappa shape index (κ3) is 3.94. The van der Waals surface area contributed by atoms with E-state index >= 15 is 0 Å². The molecule has 0 spiro atoms. The zero-order chi connectivity index (χ0) is 24.0. The van der Waals surface area contributed by atoms with Crippen molar-refractivity contribution in [3.63, 3.8) is 0 Å². The monoisotopic (exact) mass is 550 g/mol. The molecule has 1 aliphatic rings. The van der Waals surface area contributed by atoms with Gasteiger partial charge in [0.1, 0.15) is 0 Å². The maximum atomic E-state index is 6.60. The van der Waals surface area contributed by atoms with Crippen LogP contribution in [0.4, 0.5) is 5.69 Å². The lowest BCUT2D eigenvalue weighted by Gasteiger charge is -2.28. The van der Waals surface area contributed by atoms with Gasteiger partial charge in [-0.15, -0.1) is 0 Å². The van der Waals surface area contributed by atoms with E-state index in [1.165, 1.54) is 5.56 Å². The quantitative estimate of drug-likeness (QED) is 0.268. The number of aryl methyl sites for hydroxylation is 2. The SMILES string of the molecule is Cc1cc(N2C(=S)N[C@H](c3ccccn3)[C@@H]2c2cc(C)n(-c3ccccc3Cl)c2C)ccc1Br. The molecular formula is C27H24BrClN4S. The predicted molar refractivity (Wildman–Crippen MR) is 147 cm³/mol. The molecule has 0 radical (unpaired) electrons. The van der Waals surface area contributed by atoms with Crippen LogP contribution in [0, 0.1) is 20.8 Å². The van der Waals surface area contributed by atoms with Gasteiger partial charge in [0.25, 0.3) is 0 Å². The smallest absolute Gasteiger partial charge is 0.174 e. The predicted octanol–water partition coefficient (Wildman–Crippen LogP) is 7.39. The van der Waals surface area contributed by atoms with Crippen molar-refractivity contribution in [1.29, 1.82) is 0 Å². The first-order chi connectivity index (χ1) is 16.4. The van der Waals surface area contributed by atoms with Crippen LogP contribution in [0.15, 0.2) is 77.4 Å². The summed E-state index contributed by atoms with van der Waals surface area (Å²) in [7, 11) is 0. The highest BCUT2D eigenvalue weighted by Gasteiger charge is 2.42. The van der Waals surface area contributed by atoms with E-state index in [0.29, 0.717) is 5.11 Å². The lowest BCUT2D eigenvalue weighted by Crippen LogP contribution is -2.29. The van der Waals surface area contributed by atoms with Crippen molar-refractivity contribution in [1.82, 2.24) is 14.9 Å². The van der Waals surface area contributed by atoms with Crippen molar-refractivity contribution >= 4 is 50.5 Å². The molecule has 1 saturated heterocycles. The van der Waals surface area contributed by atoms with Gasteiger partial charge in [-0.2, -0.15) is 0 Å². The summed E-state index contributed by atoms with van der Waals surface area (Å²) < 4.78 is 3.29. The van der Waals surface area contributed by atoms with Gasteiger partial charge in [0.05, 0.1) is 28.5 Å². The molecule has 5 rings (SSSR count). The van der Waals surface area contributed by atoms with Crippen LogP contribution in [0.1, 0.15) is 40.3 Å². The minimum atomic E-state index is -0.0992. The van der Waals surface area contributed by atoms with Gasteiger partial charge < -0.3 is 14.8 Å². The van der Waals surface area contributed by atoms with E-state index in [-0.39, 0.29) is 12.1 Å². The molecule has 3 heterocycles. The van der Waals surface area contributed by atoms with Gasteiger partial charge in [-0.3, -0.25) is 4.98 Å². The summed E-state index contributed by atoms with van der Waals surface area (Å²) in [4.78, 5) is 6.89. The van der Waals surface area contributed by atoms with Crippen molar-refractivity contribution in [2.24, 2.45) is 0 Å². The average Bonchev–Trinajstić information content (AvgIpc) is 3.32. The number of hydrogen-bond donors (Lipinski definition) is 1. The second-order valence-corrected chi connectivity index (χ2v) is 10.2. The summed E-state index contributed by atoms with van der Waals surface area (Å²) in [5.41, 5.74) is 7.55. The van der Waals surface area contributed by atoms with Gasteiger partial charge in [0, 0.05) is 27.7 Å². The van der Waals surface area contributed by atoms with Crippen LogP contribution in [-0.4, -0.2) is 14.7 Å². The fourth-order valence-electron chi connectivity index (χ4n) is 4.82. The number of benzene rings is 2. The summed E-state index contributed by atoms with van der Waals surface area (Å²) >= 11 is 16.1. The molecule has 0 unspecified atom stereocenters. The Labute approximate surface area is 218 Å². The van der Waals surface area contributed by atoms with E-state index in [0.717, 1.165) is 43.5 Å². The molecule has 0 aliphatic carbocycles. The van der Waals surface area contributed by atoms with Gasteiger partial charge in [0.2, 0.25) is 0 Å². The fraction of sp³-hybridized carbons (Fsp3) is 0.185. The first kappa shape index (κ1) is 23.1. The summed E-state index contributed by atoms with van der Waals surface area (Å²) in [5, 5.41) is 4.96. The molecular weight excluding hydrogens is 528 g/mol. The summed E-state index contributed by atoms with van der Waals surface area (Å²) in [5.74, 6) is 0. The number of nitrogens with one attached hydrogen (secondary N) is 1. The Bertz CT molecular complexity index is 1380. The van der Waals surface area contributed by atoms with Gasteiger partial charge in [-0.1, -0.05) is 45.7 Å². The number of halogens is 2. The molecule has 1 aliphatic heterocycles. The second kappa shape index (κ2) is 9.17. The summed E-state index contributed by atoms with van der Waals surface area (Å²) in [6.45, 7) is 6.35. The van der Waals surface area contributed by atoms with Gasteiger partial charge >= 0.3 is 0 Å². The number of thiocarbonyl (C=S) groups is 1. The van der Waals surface area contributed by atoms with Crippen molar-refractivity contribution in [3.8, 4) is 5.69 Å². The lowest BCUT2D eigenvalue weighted by molar-refractivity contribution is 0.565. The van der Waals surface area contributed by atoms with E-state index in [9.17, 15) is 0 Å². The minimum absolute atomic E-state index is 0.0783. The molecule has 7 heteroatoms. The van der Waals surface area contributed by atoms with Crippen molar-refractivity contribution in [2.45, 2.75) is 32.9 Å². The normalized spacial score (nSPS) is 17.8. The largest absolute Gasteiger partial charge is 0.351 e. The second-order valence-electron chi connectivity index (χ2n) is 8.54. The Morgan fingerprint density at radius 2 is 1.76 bits per heavy atom. The van der Waals surface area contributed by atoms with Gasteiger partial charge in [-0.05, 0) is 92.6 Å². The van der Waals surface area contributed by atoms with Gasteiger partial charge in [-0.25, -0.2) is 0 Å². The molecule has 0 saturated carbocycles. The van der Waals surface area contributed by atoms with E-state index in [1.54, 1.807) is 0 Å². The van der Waals surface area contributed by atoms with Crippen LogP contribution in [0.25, 0.3) is 5.69 Å². The Morgan fingerprint density at radius 1 is 1.00 bits per heavy atom. The molecule has 2 aromatic heterocycles. The number of hydrogen-bond acceptors (Lipinski definition) is 2. The number of para-hydroxylation sites is 1. The molecule has 0 amide bonds. The fourth-order valence-corrected chi connectivity index (χ4v) is 5.63. The zero-order valence-corrected chi connectivity index (χ0v) is 22.2. The van der Waals surface area contributed by atoms with Crippen LogP contribution in [0.3, 0.4) is 0 Å². The highest BCUT2D eigenvalue weighted by atomic mass is 79.9. The molecule has 1 N–H and O–H groups in total. The molecule has 4 nitrogen and oxygen atoms in total. The average molecular weight is 552 g/mol. The van der Waals surface area contributed by atoms with Crippen LogP contribution >= 0.6 is 39.7 Å². The highest BCUT2D eigenvalue weighted by Crippen LogP contribution is 2.44. The van der Waals surface area contributed by atoms with Crippen LogP contribution in [0.2, 0.25) is 5.02 Å². The first-order valence-corrected chi connectivity index (χ1v) is 12.7. The minimum Gasteiger partial charge on any atom is -0.351 e. The zero-order valence-electron chi connectivity index (χ0n) is 19.1. The van der Waals surface area contributed by atoms with Crippen molar-refractivity contribution in [3.05, 3.63) is 111 Å². The molecule has 2 atom stereocenters. The van der Waals surface area contributed by atoms with E-state index in [2.05, 4.69) is 92.9 Å². The van der Waals surface area contributed by atoms with Crippen molar-refractivity contribution in [2.75, 3.05) is 4.90 Å². The van der Waals surface area contributed by atoms with Crippen LogP contribution < -0.4 is 10.2 Å². The van der Waals surface area contributed by atoms with E-state index < -0.39 is 0 Å². The Balaban J connectivity index is 1.70. The van der Waals surface area contributed by atoms with E-state index in [4.69, 9.17) is 23.8 Å². The number of nitrogens with zero attached hydrogens (tertiary/aromatic N) is 3. The Hall–Kier alpha value is -2.67. The Kier molecular flexibility index (Phi) is 6.23. The molecule has 34 heavy (non-hydrogen) atoms. The highest BCUT2D eigenvalue weighted by molar-refractivity contribution is 9.10. The maximum Gasteiger partial charge on any atom is 0.174 e. The van der Waals surface area contributed by atoms with Crippen LogP contribution in [-0.2, 0) is 0 Å². The number of pyridine rings is 1. The maximum absolute atomic E-state index is 6.60. The molecule has 0 bridgehead atoms. The van der Waals surface area contributed by atoms with Crippen molar-refractivity contribution < 1.29 is 0 Å². The lowest BCUT2D eigenvalue weighted by atomic mass is 9.96. The number of rotatable bonds is 4. The third-order valence-electron chi connectivity index (χ3n) is 6.40. The standard InChI is InChI=1S/C27H24BrClN4S/c1-16-14-19(11-12-21(16)28)33-26(25(31-27(33)34)23-9-6-7-13-30-23)20-15-17(2)32(18(20)3)24-10-5-4-8-22(24)29/h4-15,25-26H,1-3H3,(H,31,34)/t25-,26+/m1/s1.